The number of hydrogen-bond donors (Lipinski definition) is 1. The van der Waals surface area contributed by atoms with Crippen molar-refractivity contribution in [3.63, 3.8) is 0 Å². The Bertz CT molecular complexity index is 408. The van der Waals surface area contributed by atoms with Crippen LogP contribution < -0.4 is 5.32 Å². The van der Waals surface area contributed by atoms with Crippen molar-refractivity contribution in [3.05, 3.63) is 12.2 Å². The lowest BCUT2D eigenvalue weighted by atomic mass is 9.95. The van der Waals surface area contributed by atoms with Gasteiger partial charge < -0.3 is 15.0 Å². The average molecular weight is 296 g/mol. The summed E-state index contributed by atoms with van der Waals surface area (Å²) in [6, 6.07) is 0. The summed E-state index contributed by atoms with van der Waals surface area (Å²) in [6.45, 7) is 8.06. The van der Waals surface area contributed by atoms with Crippen molar-refractivity contribution in [3.8, 4) is 0 Å². The number of hydrogen-bond acceptors (Lipinski definition) is 3. The maximum atomic E-state index is 12.3. The lowest BCUT2D eigenvalue weighted by molar-refractivity contribution is -0.144. The van der Waals surface area contributed by atoms with Crippen LogP contribution in [0.15, 0.2) is 12.2 Å². The summed E-state index contributed by atoms with van der Waals surface area (Å²) in [5.41, 5.74) is -0.582. The summed E-state index contributed by atoms with van der Waals surface area (Å²) >= 11 is 0. The van der Waals surface area contributed by atoms with Gasteiger partial charge in [0.05, 0.1) is 0 Å². The smallest absolute Gasteiger partial charge is 0.224 e. The van der Waals surface area contributed by atoms with Crippen LogP contribution in [0.4, 0.5) is 0 Å². The van der Waals surface area contributed by atoms with Crippen LogP contribution in [-0.2, 0) is 14.3 Å². The largest absolute Gasteiger partial charge is 0.374 e. The number of carbonyl (C=O) groups is 2. The Morgan fingerprint density at radius 3 is 2.76 bits per heavy atom. The average Bonchev–Trinajstić information content (AvgIpc) is 2.77. The number of ether oxygens (including phenoxy) is 1. The molecule has 0 aromatic rings. The Morgan fingerprint density at radius 2 is 2.29 bits per heavy atom. The molecule has 5 nitrogen and oxygen atoms in total. The van der Waals surface area contributed by atoms with Crippen molar-refractivity contribution < 1.29 is 14.3 Å². The van der Waals surface area contributed by atoms with Crippen LogP contribution in [0, 0.1) is 5.92 Å². The molecule has 0 saturated carbocycles. The topological polar surface area (TPSA) is 58.6 Å². The lowest BCUT2D eigenvalue weighted by Gasteiger charge is -2.41. The standard InChI is InChI=1S/C16H28N2O3/c1-6-8-13-10-14(20)18(11-13)15(17-12(3)19)16(4,21-5)9-7-2/h6,8,13,15H,7,9-11H2,1-5H3,(H,17,19)/b8-6-/t13-,15-,16-/m1/s1. The number of amides is 2. The predicted molar refractivity (Wildman–Crippen MR) is 82.6 cm³/mol. The SMILES string of the molecule is C/C=C\[C@@H]1CC(=O)N([C@@H](NC(C)=O)[C@@](C)(CCC)OC)C1. The summed E-state index contributed by atoms with van der Waals surface area (Å²) in [4.78, 5) is 25.7. The quantitative estimate of drug-likeness (QED) is 0.732. The number of carbonyl (C=O) groups excluding carboxylic acids is 2. The maximum Gasteiger partial charge on any atom is 0.224 e. The fourth-order valence-electron chi connectivity index (χ4n) is 3.01. The van der Waals surface area contributed by atoms with Crippen LogP contribution in [0.1, 0.15) is 47.0 Å². The Kier molecular flexibility index (Phi) is 6.40. The van der Waals surface area contributed by atoms with E-state index in [0.717, 1.165) is 12.8 Å². The highest BCUT2D eigenvalue weighted by atomic mass is 16.5. The van der Waals surface area contributed by atoms with Gasteiger partial charge >= 0.3 is 0 Å². The first kappa shape index (κ1) is 17.7. The van der Waals surface area contributed by atoms with E-state index in [1.54, 1.807) is 12.0 Å². The first-order valence-electron chi connectivity index (χ1n) is 7.62. The molecule has 1 N–H and O–H groups in total. The highest BCUT2D eigenvalue weighted by molar-refractivity contribution is 5.80. The molecule has 1 saturated heterocycles. The van der Waals surface area contributed by atoms with Gasteiger partial charge in [0, 0.05) is 32.9 Å². The molecule has 1 heterocycles. The Morgan fingerprint density at radius 1 is 1.62 bits per heavy atom. The molecule has 0 spiro atoms. The van der Waals surface area contributed by atoms with Crippen molar-refractivity contribution in [2.45, 2.75) is 58.7 Å². The number of nitrogens with zero attached hydrogens (tertiary/aromatic N) is 1. The summed E-state index contributed by atoms with van der Waals surface area (Å²) in [5.74, 6) is 0.124. The van der Waals surface area contributed by atoms with E-state index < -0.39 is 11.8 Å². The van der Waals surface area contributed by atoms with Gasteiger partial charge in [0.15, 0.2) is 0 Å². The van der Waals surface area contributed by atoms with Crippen molar-refractivity contribution in [2.75, 3.05) is 13.7 Å². The molecule has 1 aliphatic rings. The van der Waals surface area contributed by atoms with Gasteiger partial charge in [0.25, 0.3) is 0 Å². The molecule has 5 heteroatoms. The third-order valence-corrected chi connectivity index (χ3v) is 4.10. The van der Waals surface area contributed by atoms with Crippen molar-refractivity contribution in [1.82, 2.24) is 10.2 Å². The molecule has 0 bridgehead atoms. The number of methoxy groups -OCH3 is 1. The van der Waals surface area contributed by atoms with Crippen molar-refractivity contribution in [1.29, 1.82) is 0 Å². The van der Waals surface area contributed by atoms with E-state index >= 15 is 0 Å². The van der Waals surface area contributed by atoms with Crippen LogP contribution in [0.5, 0.6) is 0 Å². The second kappa shape index (κ2) is 7.59. The molecule has 0 aromatic heterocycles. The van der Waals surface area contributed by atoms with E-state index in [4.69, 9.17) is 4.74 Å². The second-order valence-electron chi connectivity index (χ2n) is 5.91. The van der Waals surface area contributed by atoms with Gasteiger partial charge in [-0.25, -0.2) is 0 Å². The minimum absolute atomic E-state index is 0.0660. The molecular weight excluding hydrogens is 268 g/mol. The molecular formula is C16H28N2O3. The fourth-order valence-corrected chi connectivity index (χ4v) is 3.01. The summed E-state index contributed by atoms with van der Waals surface area (Å²) < 4.78 is 5.67. The van der Waals surface area contributed by atoms with Gasteiger partial charge in [-0.1, -0.05) is 25.5 Å². The molecule has 120 valence electrons. The lowest BCUT2D eigenvalue weighted by Crippen LogP contribution is -2.61. The van der Waals surface area contributed by atoms with Gasteiger partial charge in [-0.2, -0.15) is 0 Å². The molecule has 21 heavy (non-hydrogen) atoms. The number of rotatable bonds is 7. The zero-order chi connectivity index (χ0) is 16.0. The molecule has 0 unspecified atom stereocenters. The molecule has 0 radical (unpaired) electrons. The predicted octanol–water partition coefficient (Wildman–Crippen LogP) is 2.08. The van der Waals surface area contributed by atoms with Gasteiger partial charge in [-0.3, -0.25) is 9.59 Å². The van der Waals surface area contributed by atoms with Crippen LogP contribution in [0.2, 0.25) is 0 Å². The minimum atomic E-state index is -0.582. The third-order valence-electron chi connectivity index (χ3n) is 4.10. The van der Waals surface area contributed by atoms with E-state index in [1.165, 1.54) is 6.92 Å². The number of allylic oxidation sites excluding steroid dienone is 1. The van der Waals surface area contributed by atoms with Gasteiger partial charge in [0.2, 0.25) is 11.8 Å². The van der Waals surface area contributed by atoms with E-state index in [0.29, 0.717) is 13.0 Å². The molecule has 3 atom stereocenters. The second-order valence-corrected chi connectivity index (χ2v) is 5.91. The van der Waals surface area contributed by atoms with Gasteiger partial charge in [-0.15, -0.1) is 0 Å². The van der Waals surface area contributed by atoms with E-state index in [2.05, 4.69) is 12.2 Å². The highest BCUT2D eigenvalue weighted by Crippen LogP contribution is 2.29. The van der Waals surface area contributed by atoms with Crippen LogP contribution in [-0.4, -0.2) is 42.1 Å². The normalized spacial score (nSPS) is 23.4. The first-order chi connectivity index (χ1) is 9.87. The monoisotopic (exact) mass is 296 g/mol. The zero-order valence-electron chi connectivity index (χ0n) is 13.8. The van der Waals surface area contributed by atoms with Crippen LogP contribution in [0.25, 0.3) is 0 Å². The highest BCUT2D eigenvalue weighted by Gasteiger charge is 2.43. The molecule has 1 fully saturated rings. The zero-order valence-corrected chi connectivity index (χ0v) is 13.8. The Balaban J connectivity index is 3.02. The maximum absolute atomic E-state index is 12.3. The molecule has 1 rings (SSSR count). The van der Waals surface area contributed by atoms with Gasteiger partial charge in [0.1, 0.15) is 11.8 Å². The van der Waals surface area contributed by atoms with Crippen molar-refractivity contribution >= 4 is 11.8 Å². The first-order valence-corrected chi connectivity index (χ1v) is 7.62. The van der Waals surface area contributed by atoms with Gasteiger partial charge in [-0.05, 0) is 20.3 Å². The third kappa shape index (κ3) is 4.30. The van der Waals surface area contributed by atoms with E-state index in [9.17, 15) is 9.59 Å². The number of nitrogens with one attached hydrogen (secondary N) is 1. The van der Waals surface area contributed by atoms with Crippen LogP contribution >= 0.6 is 0 Å². The molecule has 0 aromatic carbocycles. The summed E-state index contributed by atoms with van der Waals surface area (Å²) in [5, 5.41) is 2.91. The van der Waals surface area contributed by atoms with Crippen LogP contribution in [0.3, 0.4) is 0 Å². The molecule has 0 aliphatic carbocycles. The molecule has 2 amide bonds. The van der Waals surface area contributed by atoms with Crippen molar-refractivity contribution in [2.24, 2.45) is 5.92 Å². The minimum Gasteiger partial charge on any atom is -0.374 e. The number of likely N-dealkylation sites (tertiary alicyclic amines) is 1. The Labute approximate surface area is 127 Å². The Hall–Kier alpha value is -1.36. The molecule has 1 aliphatic heterocycles. The fraction of sp³-hybridized carbons (Fsp3) is 0.750. The van der Waals surface area contributed by atoms with E-state index in [1.807, 2.05) is 26.0 Å². The van der Waals surface area contributed by atoms with E-state index in [-0.39, 0.29) is 17.7 Å². The summed E-state index contributed by atoms with van der Waals surface area (Å²) in [6.07, 6.45) is 5.77. The summed E-state index contributed by atoms with van der Waals surface area (Å²) in [7, 11) is 1.63.